The van der Waals surface area contributed by atoms with Gasteiger partial charge >= 0.3 is 0 Å². The van der Waals surface area contributed by atoms with Gasteiger partial charge in [0.2, 0.25) is 0 Å². The van der Waals surface area contributed by atoms with Gasteiger partial charge in [0.1, 0.15) is 17.3 Å². The highest BCUT2D eigenvalue weighted by Gasteiger charge is 2.24. The number of methoxy groups -OCH3 is 2. The Bertz CT molecular complexity index is 913. The molecule has 1 saturated heterocycles. The molecule has 2 aromatic rings. The third-order valence-electron chi connectivity index (χ3n) is 3.50. The summed E-state index contributed by atoms with van der Waals surface area (Å²) in [6.07, 6.45) is 1.72. The van der Waals surface area contributed by atoms with Crippen LogP contribution in [0, 0.1) is 5.82 Å². The molecule has 8 heteroatoms. The fraction of sp³-hybridized carbons (Fsp3) is 0.111. The summed E-state index contributed by atoms with van der Waals surface area (Å²) < 4.78 is 24.3. The van der Waals surface area contributed by atoms with Crippen LogP contribution in [0.25, 0.3) is 6.08 Å². The maximum atomic E-state index is 13.0. The summed E-state index contributed by atoms with van der Waals surface area (Å²) in [5, 5.41) is 3.13. The second-order valence-corrected chi connectivity index (χ2v) is 7.07. The molecule has 0 spiro atoms. The van der Waals surface area contributed by atoms with E-state index in [-0.39, 0.29) is 11.7 Å². The van der Waals surface area contributed by atoms with Gasteiger partial charge in [0.15, 0.2) is 5.17 Å². The summed E-state index contributed by atoms with van der Waals surface area (Å²) in [6, 6.07) is 9.27. The van der Waals surface area contributed by atoms with E-state index in [2.05, 4.69) is 26.2 Å². The lowest BCUT2D eigenvalue weighted by atomic mass is 10.1. The van der Waals surface area contributed by atoms with Crippen LogP contribution in [0.1, 0.15) is 5.56 Å². The predicted octanol–water partition coefficient (Wildman–Crippen LogP) is 4.50. The molecule has 0 aromatic heterocycles. The number of amidine groups is 1. The van der Waals surface area contributed by atoms with Crippen LogP contribution in [0.3, 0.4) is 0 Å². The Morgan fingerprint density at radius 1 is 1.15 bits per heavy atom. The molecule has 134 valence electrons. The molecule has 0 unspecified atom stereocenters. The van der Waals surface area contributed by atoms with Gasteiger partial charge in [0.25, 0.3) is 5.91 Å². The Labute approximate surface area is 162 Å². The van der Waals surface area contributed by atoms with E-state index in [0.717, 1.165) is 10.0 Å². The largest absolute Gasteiger partial charge is 0.496 e. The van der Waals surface area contributed by atoms with Crippen LogP contribution in [0.4, 0.5) is 10.1 Å². The van der Waals surface area contributed by atoms with Gasteiger partial charge in [-0.25, -0.2) is 9.38 Å². The molecule has 2 aromatic carbocycles. The van der Waals surface area contributed by atoms with Crippen LogP contribution in [-0.2, 0) is 4.79 Å². The average Bonchev–Trinajstić information content (AvgIpc) is 2.96. The standard InChI is InChI=1S/C18H14BrFN2O3S/c1-24-14-9-15(25-2)13(19)7-10(14)8-16-17(23)22-18(26-16)21-12-5-3-11(20)4-6-12/h3-9H,1-2H3,(H,21,22,23)/b16-8+. The molecule has 0 aliphatic carbocycles. The van der Waals surface area contributed by atoms with E-state index in [1.807, 2.05) is 6.07 Å². The zero-order valence-electron chi connectivity index (χ0n) is 13.9. The van der Waals surface area contributed by atoms with Gasteiger partial charge in [0, 0.05) is 11.6 Å². The van der Waals surface area contributed by atoms with Crippen LogP contribution >= 0.6 is 27.7 Å². The Hall–Kier alpha value is -2.32. The third kappa shape index (κ3) is 4.08. The second-order valence-electron chi connectivity index (χ2n) is 5.19. The minimum absolute atomic E-state index is 0.259. The number of rotatable bonds is 4. The molecule has 1 fully saturated rings. The van der Waals surface area contributed by atoms with E-state index >= 15 is 0 Å². The number of hydrogen-bond donors (Lipinski definition) is 1. The quantitative estimate of drug-likeness (QED) is 0.716. The van der Waals surface area contributed by atoms with Crippen molar-refractivity contribution in [1.82, 2.24) is 5.32 Å². The molecule has 26 heavy (non-hydrogen) atoms. The molecule has 0 bridgehead atoms. The first kappa shape index (κ1) is 18.5. The van der Waals surface area contributed by atoms with Crippen molar-refractivity contribution < 1.29 is 18.7 Å². The number of nitrogens with zero attached hydrogens (tertiary/aromatic N) is 1. The Kier molecular flexibility index (Phi) is 5.63. The topological polar surface area (TPSA) is 59.9 Å². The molecule has 1 N–H and O–H groups in total. The molecule has 0 atom stereocenters. The molecule has 1 aliphatic rings. The highest BCUT2D eigenvalue weighted by molar-refractivity contribution is 9.10. The van der Waals surface area contributed by atoms with Crippen LogP contribution in [0.2, 0.25) is 0 Å². The van der Waals surface area contributed by atoms with Crippen molar-refractivity contribution in [3.63, 3.8) is 0 Å². The van der Waals surface area contributed by atoms with E-state index in [4.69, 9.17) is 9.47 Å². The van der Waals surface area contributed by atoms with Crippen molar-refractivity contribution in [2.45, 2.75) is 0 Å². The van der Waals surface area contributed by atoms with Gasteiger partial charge in [-0.3, -0.25) is 4.79 Å². The first-order valence-electron chi connectivity index (χ1n) is 7.47. The Morgan fingerprint density at radius 2 is 1.85 bits per heavy atom. The number of hydrogen-bond acceptors (Lipinski definition) is 5. The number of nitrogens with one attached hydrogen (secondary N) is 1. The van der Waals surface area contributed by atoms with Gasteiger partial charge in [-0.05, 0) is 64.1 Å². The van der Waals surface area contributed by atoms with E-state index in [1.165, 1.54) is 23.9 Å². The summed E-state index contributed by atoms with van der Waals surface area (Å²) in [4.78, 5) is 17.0. The van der Waals surface area contributed by atoms with E-state index < -0.39 is 0 Å². The van der Waals surface area contributed by atoms with Crippen LogP contribution < -0.4 is 14.8 Å². The lowest BCUT2D eigenvalue weighted by Crippen LogP contribution is -2.19. The average molecular weight is 437 g/mol. The number of halogens is 2. The summed E-state index contributed by atoms with van der Waals surface area (Å²) in [5.74, 6) is 0.612. The molecule has 1 heterocycles. The molecule has 0 radical (unpaired) electrons. The number of thioether (sulfide) groups is 1. The highest BCUT2D eigenvalue weighted by atomic mass is 79.9. The van der Waals surface area contributed by atoms with Gasteiger partial charge in [-0.2, -0.15) is 0 Å². The van der Waals surface area contributed by atoms with E-state index in [9.17, 15) is 9.18 Å². The van der Waals surface area contributed by atoms with Crippen molar-refractivity contribution >= 4 is 50.5 Å². The van der Waals surface area contributed by atoms with E-state index in [0.29, 0.717) is 27.3 Å². The van der Waals surface area contributed by atoms with Gasteiger partial charge in [-0.15, -0.1) is 0 Å². The zero-order valence-corrected chi connectivity index (χ0v) is 16.3. The van der Waals surface area contributed by atoms with Crippen molar-refractivity contribution in [2.24, 2.45) is 4.99 Å². The first-order chi connectivity index (χ1) is 12.5. The molecular weight excluding hydrogens is 423 g/mol. The summed E-state index contributed by atoms with van der Waals surface area (Å²) in [5.41, 5.74) is 1.28. The van der Waals surface area contributed by atoms with Gasteiger partial charge in [0.05, 0.1) is 29.3 Å². The molecule has 0 saturated carbocycles. The summed E-state index contributed by atoms with van der Waals surface area (Å²) in [6.45, 7) is 0. The Balaban J connectivity index is 1.89. The van der Waals surface area contributed by atoms with Crippen LogP contribution in [0.15, 0.2) is 50.8 Å². The fourth-order valence-corrected chi connectivity index (χ4v) is 3.61. The van der Waals surface area contributed by atoms with Crippen molar-refractivity contribution in [3.8, 4) is 11.5 Å². The van der Waals surface area contributed by atoms with Crippen molar-refractivity contribution in [3.05, 3.63) is 57.2 Å². The number of carbonyl (C=O) groups excluding carboxylic acids is 1. The van der Waals surface area contributed by atoms with Crippen molar-refractivity contribution in [2.75, 3.05) is 14.2 Å². The SMILES string of the molecule is COc1cc(OC)c(/C=C2/SC(=Nc3ccc(F)cc3)NC2=O)cc1Br. The van der Waals surface area contributed by atoms with E-state index in [1.54, 1.807) is 38.5 Å². The minimum atomic E-state index is -0.338. The predicted molar refractivity (Wildman–Crippen MR) is 104 cm³/mol. The third-order valence-corrected chi connectivity index (χ3v) is 5.03. The number of aliphatic imine (C=N–C) groups is 1. The number of carbonyl (C=O) groups is 1. The normalized spacial score (nSPS) is 16.8. The smallest absolute Gasteiger partial charge is 0.264 e. The fourth-order valence-electron chi connectivity index (χ4n) is 2.25. The number of amides is 1. The van der Waals surface area contributed by atoms with Crippen molar-refractivity contribution in [1.29, 1.82) is 0 Å². The summed E-state index contributed by atoms with van der Waals surface area (Å²) >= 11 is 4.63. The highest BCUT2D eigenvalue weighted by Crippen LogP contribution is 2.36. The summed E-state index contributed by atoms with van der Waals surface area (Å²) in [7, 11) is 3.12. The minimum Gasteiger partial charge on any atom is -0.496 e. The maximum absolute atomic E-state index is 13.0. The lowest BCUT2D eigenvalue weighted by molar-refractivity contribution is -0.115. The lowest BCUT2D eigenvalue weighted by Gasteiger charge is -2.10. The molecular formula is C18H14BrFN2O3S. The number of ether oxygens (including phenoxy) is 2. The monoisotopic (exact) mass is 436 g/mol. The van der Waals surface area contributed by atoms with Gasteiger partial charge < -0.3 is 14.8 Å². The molecule has 3 rings (SSSR count). The van der Waals surface area contributed by atoms with Crippen LogP contribution in [0.5, 0.6) is 11.5 Å². The molecule has 1 aliphatic heterocycles. The molecule has 5 nitrogen and oxygen atoms in total. The Morgan fingerprint density at radius 3 is 2.50 bits per heavy atom. The second kappa shape index (κ2) is 7.92. The molecule has 1 amide bonds. The maximum Gasteiger partial charge on any atom is 0.264 e. The van der Waals surface area contributed by atoms with Crippen LogP contribution in [-0.4, -0.2) is 25.3 Å². The zero-order chi connectivity index (χ0) is 18.7. The first-order valence-corrected chi connectivity index (χ1v) is 9.08. The number of benzene rings is 2. The van der Waals surface area contributed by atoms with Gasteiger partial charge in [-0.1, -0.05) is 0 Å².